The maximum atomic E-state index is 13.6. The van der Waals surface area contributed by atoms with Crippen LogP contribution in [0.15, 0.2) is 87.3 Å². The Hall–Kier alpha value is -3.40. The van der Waals surface area contributed by atoms with Gasteiger partial charge in [0.2, 0.25) is 0 Å². The standard InChI is InChI=1S/C29H28BrClN4O3S/c1-19-8-12-27(13-9-19)39(37,38)34(28-16-25(31)11-10-20(28)2)18-29(36)33-32-17-23-14-21(3)35(22(23)4)26-7-5-6-24(30)15-26/h5-17H,18H2,1-4H3,(H,33,36)/b32-17-. The lowest BCUT2D eigenvalue weighted by Crippen LogP contribution is -2.40. The van der Waals surface area contributed by atoms with Crippen LogP contribution in [0, 0.1) is 27.7 Å². The van der Waals surface area contributed by atoms with Crippen LogP contribution < -0.4 is 9.73 Å². The molecule has 0 saturated carbocycles. The minimum absolute atomic E-state index is 0.0729. The van der Waals surface area contributed by atoms with Gasteiger partial charge in [-0.2, -0.15) is 5.10 Å². The van der Waals surface area contributed by atoms with E-state index in [9.17, 15) is 13.2 Å². The molecule has 0 unspecified atom stereocenters. The maximum absolute atomic E-state index is 13.6. The van der Waals surface area contributed by atoms with Gasteiger partial charge in [0.15, 0.2) is 0 Å². The summed E-state index contributed by atoms with van der Waals surface area (Å²) >= 11 is 9.71. The average molecular weight is 628 g/mol. The molecule has 7 nitrogen and oxygen atoms in total. The molecule has 0 fully saturated rings. The van der Waals surface area contributed by atoms with Crippen LogP contribution >= 0.6 is 27.5 Å². The molecular weight excluding hydrogens is 600 g/mol. The summed E-state index contributed by atoms with van der Waals surface area (Å²) in [5.41, 5.74) is 8.15. The van der Waals surface area contributed by atoms with E-state index in [1.54, 1.807) is 37.4 Å². The van der Waals surface area contributed by atoms with E-state index in [2.05, 4.69) is 31.0 Å². The van der Waals surface area contributed by atoms with Gasteiger partial charge < -0.3 is 4.57 Å². The van der Waals surface area contributed by atoms with E-state index >= 15 is 0 Å². The van der Waals surface area contributed by atoms with E-state index < -0.39 is 22.5 Å². The Morgan fingerprint density at radius 2 is 1.74 bits per heavy atom. The first-order valence-corrected chi connectivity index (χ1v) is 14.7. The van der Waals surface area contributed by atoms with E-state index in [0.29, 0.717) is 16.3 Å². The Balaban J connectivity index is 1.59. The quantitative estimate of drug-likeness (QED) is 0.180. The van der Waals surface area contributed by atoms with Crippen LogP contribution in [0.25, 0.3) is 5.69 Å². The number of aryl methyl sites for hydroxylation is 3. The third-order valence-corrected chi connectivity index (χ3v) is 8.77. The molecule has 0 aliphatic rings. The minimum atomic E-state index is -4.07. The molecule has 0 atom stereocenters. The molecule has 39 heavy (non-hydrogen) atoms. The number of benzene rings is 3. The summed E-state index contributed by atoms with van der Waals surface area (Å²) in [6, 6.07) is 21.3. The van der Waals surface area contributed by atoms with Gasteiger partial charge in [-0.25, -0.2) is 13.8 Å². The molecule has 4 rings (SSSR count). The van der Waals surface area contributed by atoms with Crippen LogP contribution in [0.5, 0.6) is 0 Å². The van der Waals surface area contributed by atoms with Crippen LogP contribution in [0.3, 0.4) is 0 Å². The Bertz CT molecular complexity index is 1660. The Morgan fingerprint density at radius 3 is 2.44 bits per heavy atom. The molecule has 1 N–H and O–H groups in total. The Kier molecular flexibility index (Phi) is 8.64. The number of carbonyl (C=O) groups is 1. The van der Waals surface area contributed by atoms with Gasteiger partial charge >= 0.3 is 0 Å². The number of nitrogens with zero attached hydrogens (tertiary/aromatic N) is 3. The van der Waals surface area contributed by atoms with Crippen molar-refractivity contribution in [3.05, 3.63) is 110 Å². The van der Waals surface area contributed by atoms with Crippen molar-refractivity contribution in [3.8, 4) is 5.69 Å². The van der Waals surface area contributed by atoms with Gasteiger partial charge in [-0.1, -0.05) is 57.4 Å². The van der Waals surface area contributed by atoms with Crippen LogP contribution in [0.1, 0.15) is 28.1 Å². The number of sulfonamides is 1. The molecule has 0 aliphatic heterocycles. The smallest absolute Gasteiger partial charge is 0.264 e. The van der Waals surface area contributed by atoms with Crippen molar-refractivity contribution in [2.45, 2.75) is 32.6 Å². The first-order chi connectivity index (χ1) is 18.5. The number of rotatable bonds is 8. The highest BCUT2D eigenvalue weighted by Crippen LogP contribution is 2.29. The van der Waals surface area contributed by atoms with Crippen molar-refractivity contribution in [1.29, 1.82) is 0 Å². The average Bonchev–Trinajstić information content (AvgIpc) is 3.17. The molecule has 0 spiro atoms. The normalized spacial score (nSPS) is 11.6. The molecule has 0 aliphatic carbocycles. The topological polar surface area (TPSA) is 83.8 Å². The summed E-state index contributed by atoms with van der Waals surface area (Å²) in [6.45, 7) is 7.11. The SMILES string of the molecule is Cc1ccc(S(=O)(=O)N(CC(=O)N/N=C\c2cc(C)n(-c3cccc(Br)c3)c2C)c2cc(Cl)ccc2C)cc1. The van der Waals surface area contributed by atoms with Crippen molar-refractivity contribution in [3.63, 3.8) is 0 Å². The monoisotopic (exact) mass is 626 g/mol. The van der Waals surface area contributed by atoms with Crippen molar-refractivity contribution in [2.24, 2.45) is 5.10 Å². The fourth-order valence-electron chi connectivity index (χ4n) is 4.26. The molecule has 0 saturated heterocycles. The predicted molar refractivity (Wildman–Crippen MR) is 161 cm³/mol. The first-order valence-electron chi connectivity index (χ1n) is 12.1. The van der Waals surface area contributed by atoms with Gasteiger partial charge in [-0.3, -0.25) is 9.10 Å². The van der Waals surface area contributed by atoms with Gasteiger partial charge in [0.05, 0.1) is 16.8 Å². The number of hydrazone groups is 1. The third-order valence-electron chi connectivity index (χ3n) is 6.27. The highest BCUT2D eigenvalue weighted by Gasteiger charge is 2.28. The fourth-order valence-corrected chi connectivity index (χ4v) is 6.29. The number of halogens is 2. The molecule has 4 aromatic rings. The Morgan fingerprint density at radius 1 is 1.03 bits per heavy atom. The fraction of sp³-hybridized carbons (Fsp3) is 0.172. The summed E-state index contributed by atoms with van der Waals surface area (Å²) in [4.78, 5) is 13.1. The number of aromatic nitrogens is 1. The zero-order valence-corrected chi connectivity index (χ0v) is 25.1. The predicted octanol–water partition coefficient (Wildman–Crippen LogP) is 6.47. The van der Waals surface area contributed by atoms with Gasteiger partial charge in [-0.15, -0.1) is 0 Å². The van der Waals surface area contributed by atoms with Gasteiger partial charge in [0, 0.05) is 32.1 Å². The molecule has 202 valence electrons. The summed E-state index contributed by atoms with van der Waals surface area (Å²) in [5, 5.41) is 4.49. The summed E-state index contributed by atoms with van der Waals surface area (Å²) in [6.07, 6.45) is 1.55. The zero-order valence-electron chi connectivity index (χ0n) is 21.9. The zero-order chi connectivity index (χ0) is 28.3. The highest BCUT2D eigenvalue weighted by atomic mass is 79.9. The first kappa shape index (κ1) is 28.6. The van der Waals surface area contributed by atoms with E-state index in [-0.39, 0.29) is 4.90 Å². The van der Waals surface area contributed by atoms with Crippen molar-refractivity contribution in [2.75, 3.05) is 10.8 Å². The van der Waals surface area contributed by atoms with Gasteiger partial charge in [-0.05, 0) is 81.8 Å². The number of anilines is 1. The minimum Gasteiger partial charge on any atom is -0.318 e. The number of hydrogen-bond donors (Lipinski definition) is 1. The van der Waals surface area contributed by atoms with Crippen LogP contribution in [0.4, 0.5) is 5.69 Å². The number of carbonyl (C=O) groups excluding carboxylic acids is 1. The molecule has 1 heterocycles. The molecule has 0 bridgehead atoms. The van der Waals surface area contributed by atoms with E-state index in [1.165, 1.54) is 18.2 Å². The maximum Gasteiger partial charge on any atom is 0.264 e. The van der Waals surface area contributed by atoms with Gasteiger partial charge in [0.1, 0.15) is 6.54 Å². The molecule has 1 amide bonds. The second-order valence-electron chi connectivity index (χ2n) is 9.19. The molecule has 0 radical (unpaired) electrons. The summed E-state index contributed by atoms with van der Waals surface area (Å²) in [5.74, 6) is -0.595. The lowest BCUT2D eigenvalue weighted by Gasteiger charge is -2.25. The molecule has 10 heteroatoms. The summed E-state index contributed by atoms with van der Waals surface area (Å²) < 4.78 is 31.4. The van der Waals surface area contributed by atoms with Crippen LogP contribution in [-0.4, -0.2) is 31.7 Å². The lowest BCUT2D eigenvalue weighted by atomic mass is 10.2. The van der Waals surface area contributed by atoms with E-state index in [0.717, 1.165) is 37.0 Å². The molecular formula is C29H28BrClN4O3S. The number of amides is 1. The largest absolute Gasteiger partial charge is 0.318 e. The van der Waals surface area contributed by atoms with Crippen LogP contribution in [0.2, 0.25) is 5.02 Å². The van der Waals surface area contributed by atoms with E-state index in [1.807, 2.05) is 51.1 Å². The summed E-state index contributed by atoms with van der Waals surface area (Å²) in [7, 11) is -4.07. The molecule has 1 aromatic heterocycles. The second-order valence-corrected chi connectivity index (χ2v) is 12.4. The van der Waals surface area contributed by atoms with Crippen molar-refractivity contribution in [1.82, 2.24) is 9.99 Å². The Labute approximate surface area is 242 Å². The lowest BCUT2D eigenvalue weighted by molar-refractivity contribution is -0.119. The van der Waals surface area contributed by atoms with E-state index in [4.69, 9.17) is 11.6 Å². The third kappa shape index (κ3) is 6.43. The van der Waals surface area contributed by atoms with Gasteiger partial charge in [0.25, 0.3) is 15.9 Å². The molecule has 3 aromatic carbocycles. The number of hydrogen-bond acceptors (Lipinski definition) is 4. The van der Waals surface area contributed by atoms with Crippen molar-refractivity contribution >= 4 is 55.4 Å². The number of nitrogens with one attached hydrogen (secondary N) is 1. The van der Waals surface area contributed by atoms with Crippen molar-refractivity contribution < 1.29 is 13.2 Å². The second kappa shape index (κ2) is 11.8. The van der Waals surface area contributed by atoms with Crippen LogP contribution in [-0.2, 0) is 14.8 Å². The highest BCUT2D eigenvalue weighted by molar-refractivity contribution is 9.10.